The first-order valence-electron chi connectivity index (χ1n) is 10.1. The summed E-state index contributed by atoms with van der Waals surface area (Å²) >= 11 is 5.98. The molecule has 0 unspecified atom stereocenters. The van der Waals surface area contributed by atoms with E-state index in [1.54, 1.807) is 24.3 Å². The first-order chi connectivity index (χ1) is 15.7. The van der Waals surface area contributed by atoms with Gasteiger partial charge in [0.25, 0.3) is 5.56 Å². The monoisotopic (exact) mass is 485 g/mol. The molecule has 6 nitrogen and oxygen atoms in total. The number of halogens is 2. The Morgan fingerprint density at radius 3 is 2.52 bits per heavy atom. The molecule has 0 aliphatic heterocycles. The number of aryl methyl sites for hydroxylation is 2. The maximum Gasteiger partial charge on any atom is 0.266 e. The third-order valence-electron chi connectivity index (χ3n) is 5.34. The molecule has 170 valence electrons. The summed E-state index contributed by atoms with van der Waals surface area (Å²) in [6.45, 7) is 2.80. The lowest BCUT2D eigenvalue weighted by molar-refractivity contribution is 0.485. The van der Waals surface area contributed by atoms with Crippen LogP contribution in [0, 0.1) is 13.8 Å². The third-order valence-corrected chi connectivity index (χ3v) is 7.09. The van der Waals surface area contributed by atoms with Crippen molar-refractivity contribution in [3.63, 3.8) is 0 Å². The zero-order valence-corrected chi connectivity index (χ0v) is 19.5. The molecule has 0 aliphatic rings. The number of nitrogens with one attached hydrogen (secondary N) is 1. The highest BCUT2D eigenvalue weighted by Crippen LogP contribution is 2.22. The Kier molecular flexibility index (Phi) is 6.34. The smallest absolute Gasteiger partial charge is 0.266 e. The van der Waals surface area contributed by atoms with E-state index in [9.17, 15) is 17.6 Å². The van der Waals surface area contributed by atoms with Crippen LogP contribution >= 0.6 is 11.6 Å². The molecule has 1 heterocycles. The van der Waals surface area contributed by atoms with Crippen molar-refractivity contribution >= 4 is 32.5 Å². The minimum atomic E-state index is -4.00. The van der Waals surface area contributed by atoms with Crippen LogP contribution in [0.1, 0.15) is 22.5 Å². The number of benzene rings is 3. The van der Waals surface area contributed by atoms with Crippen molar-refractivity contribution in [3.05, 3.63) is 98.6 Å². The molecule has 4 aromatic rings. The van der Waals surface area contributed by atoms with Gasteiger partial charge in [0.2, 0.25) is 10.0 Å². The molecule has 1 N–H and O–H groups in total. The maximum atomic E-state index is 13.4. The average molecular weight is 486 g/mol. The number of rotatable bonds is 6. The van der Waals surface area contributed by atoms with E-state index in [-0.39, 0.29) is 33.4 Å². The zero-order valence-electron chi connectivity index (χ0n) is 18.0. The number of sulfonamides is 1. The fraction of sp³-hybridized carbons (Fsp3) is 0.167. The largest absolute Gasteiger partial charge is 0.268 e. The minimum Gasteiger partial charge on any atom is -0.268 e. The molecular weight excluding hydrogens is 465 g/mol. The van der Waals surface area contributed by atoms with Gasteiger partial charge in [-0.15, -0.1) is 0 Å². The van der Waals surface area contributed by atoms with Crippen molar-refractivity contribution in [2.24, 2.45) is 0 Å². The van der Waals surface area contributed by atoms with Gasteiger partial charge in [0.05, 0.1) is 28.0 Å². The molecule has 1 aromatic heterocycles. The second-order valence-corrected chi connectivity index (χ2v) is 9.86. The van der Waals surface area contributed by atoms with Crippen LogP contribution in [-0.4, -0.2) is 18.0 Å². The number of nitrogens with zero attached hydrogens (tertiary/aromatic N) is 2. The fourth-order valence-electron chi connectivity index (χ4n) is 3.65. The molecule has 0 radical (unpaired) electrons. The van der Waals surface area contributed by atoms with Crippen LogP contribution in [-0.2, 0) is 23.2 Å². The summed E-state index contributed by atoms with van der Waals surface area (Å²) in [5.74, 6) is 0.237. The molecule has 0 spiro atoms. The zero-order chi connectivity index (χ0) is 23.8. The molecule has 33 heavy (non-hydrogen) atoms. The van der Waals surface area contributed by atoms with Gasteiger partial charge in [0, 0.05) is 10.6 Å². The Morgan fingerprint density at radius 1 is 1.06 bits per heavy atom. The lowest BCUT2D eigenvalue weighted by atomic mass is 10.1. The third kappa shape index (κ3) is 4.55. The van der Waals surface area contributed by atoms with Crippen LogP contribution in [0.2, 0.25) is 5.02 Å². The van der Waals surface area contributed by atoms with Crippen molar-refractivity contribution in [1.82, 2.24) is 14.3 Å². The number of alkyl halides is 1. The quantitative estimate of drug-likeness (QED) is 0.432. The van der Waals surface area contributed by atoms with Crippen molar-refractivity contribution in [2.75, 3.05) is 0 Å². The predicted molar refractivity (Wildman–Crippen MR) is 127 cm³/mol. The highest BCUT2D eigenvalue weighted by atomic mass is 35.5. The lowest BCUT2D eigenvalue weighted by Gasteiger charge is -2.17. The first kappa shape index (κ1) is 23.1. The average Bonchev–Trinajstić information content (AvgIpc) is 2.78. The van der Waals surface area contributed by atoms with E-state index in [1.165, 1.54) is 22.8 Å². The summed E-state index contributed by atoms with van der Waals surface area (Å²) in [7, 11) is -4.00. The standard InChI is InChI=1S/C24H21ClFN3O3S/c1-15-7-10-22(16(2)11-15)29-23(28-21-6-4-3-5-19(21)24(29)30)14-27-33(31,32)18-9-8-17(13-26)20(25)12-18/h3-12,27H,13-14H2,1-2H3. The number of aromatic nitrogens is 2. The molecule has 3 aromatic carbocycles. The highest BCUT2D eigenvalue weighted by Gasteiger charge is 2.19. The topological polar surface area (TPSA) is 81.1 Å². The Labute approximate surface area is 195 Å². The highest BCUT2D eigenvalue weighted by molar-refractivity contribution is 7.89. The van der Waals surface area contributed by atoms with Gasteiger partial charge in [0.1, 0.15) is 12.5 Å². The Bertz CT molecular complexity index is 1530. The molecule has 0 amide bonds. The first-order valence-corrected chi connectivity index (χ1v) is 12.0. The number of hydrogen-bond acceptors (Lipinski definition) is 4. The molecule has 0 fully saturated rings. The SMILES string of the molecule is Cc1ccc(-n2c(CNS(=O)(=O)c3ccc(CF)c(Cl)c3)nc3ccccc3c2=O)c(C)c1. The van der Waals surface area contributed by atoms with Gasteiger partial charge in [-0.05, 0) is 49.7 Å². The molecule has 0 aliphatic carbocycles. The maximum absolute atomic E-state index is 13.4. The fourth-order valence-corrected chi connectivity index (χ4v) is 4.95. The van der Waals surface area contributed by atoms with Crippen molar-refractivity contribution < 1.29 is 12.8 Å². The van der Waals surface area contributed by atoms with Crippen LogP contribution in [0.4, 0.5) is 4.39 Å². The molecule has 0 bridgehead atoms. The van der Waals surface area contributed by atoms with Crippen LogP contribution < -0.4 is 10.3 Å². The van der Waals surface area contributed by atoms with Gasteiger partial charge in [-0.2, -0.15) is 0 Å². The van der Waals surface area contributed by atoms with Crippen LogP contribution in [0.15, 0.2) is 70.4 Å². The summed E-state index contributed by atoms with van der Waals surface area (Å²) in [6.07, 6.45) is 0. The molecule has 0 saturated heterocycles. The molecule has 0 saturated carbocycles. The van der Waals surface area contributed by atoms with E-state index in [0.717, 1.165) is 11.1 Å². The van der Waals surface area contributed by atoms with Gasteiger partial charge >= 0.3 is 0 Å². The molecular formula is C24H21ClFN3O3S. The van der Waals surface area contributed by atoms with Crippen molar-refractivity contribution in [3.8, 4) is 5.69 Å². The van der Waals surface area contributed by atoms with Gasteiger partial charge in [-0.1, -0.05) is 47.5 Å². The summed E-state index contributed by atoms with van der Waals surface area (Å²) in [5.41, 5.74) is 2.88. The van der Waals surface area contributed by atoms with Crippen molar-refractivity contribution in [1.29, 1.82) is 0 Å². The Morgan fingerprint density at radius 2 is 1.82 bits per heavy atom. The van der Waals surface area contributed by atoms with Gasteiger partial charge in [-0.25, -0.2) is 22.5 Å². The predicted octanol–water partition coefficient (Wildman–Crippen LogP) is 4.60. The molecule has 0 atom stereocenters. The Hall–Kier alpha value is -3.07. The number of hydrogen-bond donors (Lipinski definition) is 1. The van der Waals surface area contributed by atoms with E-state index in [1.807, 2.05) is 32.0 Å². The van der Waals surface area contributed by atoms with Gasteiger partial charge in [0.15, 0.2) is 0 Å². The van der Waals surface area contributed by atoms with E-state index >= 15 is 0 Å². The summed E-state index contributed by atoms with van der Waals surface area (Å²) in [4.78, 5) is 17.9. The van der Waals surface area contributed by atoms with Crippen LogP contribution in [0.25, 0.3) is 16.6 Å². The summed E-state index contributed by atoms with van der Waals surface area (Å²) in [5, 5.41) is 0.453. The summed E-state index contributed by atoms with van der Waals surface area (Å²) in [6, 6.07) is 16.4. The van der Waals surface area contributed by atoms with Gasteiger partial charge < -0.3 is 0 Å². The molecule has 9 heteroatoms. The van der Waals surface area contributed by atoms with E-state index < -0.39 is 16.7 Å². The Balaban J connectivity index is 1.80. The second-order valence-electron chi connectivity index (χ2n) is 7.69. The minimum absolute atomic E-state index is 0.0244. The van der Waals surface area contributed by atoms with E-state index in [4.69, 9.17) is 11.6 Å². The number of para-hydroxylation sites is 1. The molecule has 4 rings (SSSR count). The van der Waals surface area contributed by atoms with E-state index in [0.29, 0.717) is 16.6 Å². The van der Waals surface area contributed by atoms with E-state index in [2.05, 4.69) is 9.71 Å². The number of fused-ring (bicyclic) bond motifs is 1. The second kappa shape index (κ2) is 9.05. The normalized spacial score (nSPS) is 11.8. The summed E-state index contributed by atoms with van der Waals surface area (Å²) < 4.78 is 42.6. The van der Waals surface area contributed by atoms with Crippen LogP contribution in [0.5, 0.6) is 0 Å². The lowest BCUT2D eigenvalue weighted by Crippen LogP contribution is -2.30. The van der Waals surface area contributed by atoms with Gasteiger partial charge in [-0.3, -0.25) is 9.36 Å². The van der Waals surface area contributed by atoms with Crippen molar-refractivity contribution in [2.45, 2.75) is 32.0 Å². The van der Waals surface area contributed by atoms with Crippen LogP contribution in [0.3, 0.4) is 0 Å².